The van der Waals surface area contributed by atoms with Crippen molar-refractivity contribution in [3.05, 3.63) is 24.3 Å². The van der Waals surface area contributed by atoms with Gasteiger partial charge in [0.25, 0.3) is 0 Å². The molecular formula is C17H26OSi. The van der Waals surface area contributed by atoms with Crippen LogP contribution in [0.1, 0.15) is 32.6 Å². The van der Waals surface area contributed by atoms with E-state index in [4.69, 9.17) is 0 Å². The Morgan fingerprint density at radius 1 is 1.42 bits per heavy atom. The van der Waals surface area contributed by atoms with Gasteiger partial charge in [0.2, 0.25) is 0 Å². The van der Waals surface area contributed by atoms with Crippen LogP contribution >= 0.6 is 0 Å². The highest BCUT2D eigenvalue weighted by Crippen LogP contribution is 2.40. The molecule has 0 aromatic carbocycles. The minimum absolute atomic E-state index is 0.0868. The summed E-state index contributed by atoms with van der Waals surface area (Å²) in [5.41, 5.74) is 1.18. The lowest BCUT2D eigenvalue weighted by atomic mass is 9.71. The summed E-state index contributed by atoms with van der Waals surface area (Å²) in [5.74, 6) is 6.87. The Hall–Kier alpha value is -1.07. The lowest BCUT2D eigenvalue weighted by Crippen LogP contribution is -2.24. The molecule has 0 N–H and O–H groups in total. The summed E-state index contributed by atoms with van der Waals surface area (Å²) in [6.07, 6.45) is 7.14. The van der Waals surface area contributed by atoms with E-state index in [1.54, 1.807) is 6.08 Å². The van der Waals surface area contributed by atoms with Gasteiger partial charge in [-0.15, -0.1) is 11.8 Å². The molecule has 19 heavy (non-hydrogen) atoms. The highest BCUT2D eigenvalue weighted by atomic mass is 28.3. The Balaban J connectivity index is 2.59. The molecule has 2 heteroatoms. The smallest absolute Gasteiger partial charge is 0.156 e. The second kappa shape index (κ2) is 6.39. The van der Waals surface area contributed by atoms with Gasteiger partial charge in [0, 0.05) is 18.9 Å². The molecule has 1 nitrogen and oxygen atoms in total. The number of carbonyl (C=O) groups excluding carboxylic acids is 1. The van der Waals surface area contributed by atoms with E-state index in [-0.39, 0.29) is 11.2 Å². The zero-order valence-corrected chi connectivity index (χ0v) is 13.8. The highest BCUT2D eigenvalue weighted by Gasteiger charge is 2.30. The third kappa shape index (κ3) is 5.20. The molecule has 0 bridgehead atoms. The molecule has 0 fully saturated rings. The molecular weight excluding hydrogens is 248 g/mol. The first kappa shape index (κ1) is 16.0. The minimum atomic E-state index is -1.04. The Morgan fingerprint density at radius 3 is 2.68 bits per heavy atom. The van der Waals surface area contributed by atoms with Crippen molar-refractivity contribution in [2.75, 3.05) is 0 Å². The van der Waals surface area contributed by atoms with Crippen molar-refractivity contribution in [2.45, 2.75) is 58.3 Å². The number of allylic oxidation sites excluding steroid dienone is 3. The SMILES string of the molecule is C=CC1=CC(=O)CCC1(C)CCC#CC[Si](C)(C)C. The Kier molecular flexibility index (Phi) is 5.37. The summed E-state index contributed by atoms with van der Waals surface area (Å²) in [4.78, 5) is 11.5. The maximum Gasteiger partial charge on any atom is 0.156 e. The maximum absolute atomic E-state index is 11.5. The van der Waals surface area contributed by atoms with Gasteiger partial charge in [-0.2, -0.15) is 0 Å². The van der Waals surface area contributed by atoms with Crippen molar-refractivity contribution in [3.8, 4) is 11.8 Å². The molecule has 0 saturated heterocycles. The summed E-state index contributed by atoms with van der Waals surface area (Å²) in [6, 6.07) is 1.08. The fraction of sp³-hybridized carbons (Fsp3) is 0.588. The van der Waals surface area contributed by atoms with Crippen LogP contribution in [0.5, 0.6) is 0 Å². The van der Waals surface area contributed by atoms with Gasteiger partial charge in [0.1, 0.15) is 0 Å². The van der Waals surface area contributed by atoms with Crippen molar-refractivity contribution in [3.63, 3.8) is 0 Å². The lowest BCUT2D eigenvalue weighted by molar-refractivity contribution is -0.115. The molecule has 0 heterocycles. The van der Waals surface area contributed by atoms with E-state index in [9.17, 15) is 4.79 Å². The third-order valence-electron chi connectivity index (χ3n) is 3.70. The van der Waals surface area contributed by atoms with Gasteiger partial charge in [0.15, 0.2) is 5.78 Å². The molecule has 1 rings (SSSR count). The third-order valence-corrected chi connectivity index (χ3v) is 4.94. The van der Waals surface area contributed by atoms with Gasteiger partial charge in [-0.3, -0.25) is 4.79 Å². The fourth-order valence-electron chi connectivity index (χ4n) is 2.29. The largest absolute Gasteiger partial charge is 0.295 e. The molecule has 0 spiro atoms. The first-order chi connectivity index (χ1) is 8.77. The monoisotopic (exact) mass is 274 g/mol. The van der Waals surface area contributed by atoms with Crippen molar-refractivity contribution in [1.29, 1.82) is 0 Å². The predicted octanol–water partition coefficient (Wildman–Crippen LogP) is 4.59. The molecule has 0 amide bonds. The van der Waals surface area contributed by atoms with E-state index in [0.717, 1.165) is 30.9 Å². The first-order valence-electron chi connectivity index (χ1n) is 7.10. The van der Waals surface area contributed by atoms with Gasteiger partial charge < -0.3 is 0 Å². The minimum Gasteiger partial charge on any atom is -0.295 e. The summed E-state index contributed by atoms with van der Waals surface area (Å²) in [7, 11) is -1.04. The van der Waals surface area contributed by atoms with E-state index in [1.165, 1.54) is 0 Å². The molecule has 1 aliphatic rings. The normalized spacial score (nSPS) is 23.4. The summed E-state index contributed by atoms with van der Waals surface area (Å²) in [5, 5.41) is 0. The van der Waals surface area contributed by atoms with Crippen LogP contribution in [0.15, 0.2) is 24.3 Å². The second-order valence-corrected chi connectivity index (χ2v) is 12.4. The van der Waals surface area contributed by atoms with E-state index in [1.807, 2.05) is 6.08 Å². The molecule has 1 unspecified atom stereocenters. The predicted molar refractivity (Wildman–Crippen MR) is 85.8 cm³/mol. The number of hydrogen-bond acceptors (Lipinski definition) is 1. The first-order valence-corrected chi connectivity index (χ1v) is 10.8. The van der Waals surface area contributed by atoms with Crippen LogP contribution in [-0.2, 0) is 4.79 Å². The number of ketones is 1. The average Bonchev–Trinajstić information content (AvgIpc) is 2.31. The van der Waals surface area contributed by atoms with E-state index in [2.05, 4.69) is 45.0 Å². The van der Waals surface area contributed by atoms with Crippen molar-refractivity contribution in [2.24, 2.45) is 5.41 Å². The maximum atomic E-state index is 11.5. The fourth-order valence-corrected chi connectivity index (χ4v) is 2.95. The lowest BCUT2D eigenvalue weighted by Gasteiger charge is -2.33. The number of rotatable bonds is 4. The zero-order chi connectivity index (χ0) is 14.5. The van der Waals surface area contributed by atoms with Crippen LogP contribution in [0.25, 0.3) is 0 Å². The van der Waals surface area contributed by atoms with Crippen molar-refractivity contribution in [1.82, 2.24) is 0 Å². The van der Waals surface area contributed by atoms with Crippen LogP contribution in [0.3, 0.4) is 0 Å². The van der Waals surface area contributed by atoms with Gasteiger partial charge in [-0.05, 0) is 29.9 Å². The van der Waals surface area contributed by atoms with Crippen LogP contribution in [0.2, 0.25) is 25.7 Å². The van der Waals surface area contributed by atoms with Gasteiger partial charge in [-0.1, -0.05) is 39.2 Å². The molecule has 0 radical (unpaired) electrons. The van der Waals surface area contributed by atoms with Crippen LogP contribution < -0.4 is 0 Å². The number of hydrogen-bond donors (Lipinski definition) is 0. The summed E-state index contributed by atoms with van der Waals surface area (Å²) >= 11 is 0. The molecule has 1 atom stereocenters. The topological polar surface area (TPSA) is 17.1 Å². The van der Waals surface area contributed by atoms with Gasteiger partial charge >= 0.3 is 0 Å². The van der Waals surface area contributed by atoms with E-state index < -0.39 is 8.07 Å². The van der Waals surface area contributed by atoms with Crippen molar-refractivity contribution >= 4 is 13.9 Å². The van der Waals surface area contributed by atoms with E-state index >= 15 is 0 Å². The molecule has 1 aliphatic carbocycles. The van der Waals surface area contributed by atoms with Crippen LogP contribution in [0.4, 0.5) is 0 Å². The molecule has 0 aliphatic heterocycles. The van der Waals surface area contributed by atoms with Gasteiger partial charge in [-0.25, -0.2) is 0 Å². The second-order valence-electron chi connectivity index (χ2n) is 6.92. The molecule has 0 aromatic heterocycles. The van der Waals surface area contributed by atoms with Crippen molar-refractivity contribution < 1.29 is 4.79 Å². The Morgan fingerprint density at radius 2 is 2.11 bits per heavy atom. The molecule has 104 valence electrons. The standard InChI is InChI=1S/C17H26OSi/c1-6-15-14-16(18)10-12-17(15,2)11-8-7-9-13-19(3,4)5/h6,14H,1,8,10-13H2,2-5H3. The Bertz CT molecular complexity index is 442. The van der Waals surface area contributed by atoms with Crippen LogP contribution in [-0.4, -0.2) is 13.9 Å². The van der Waals surface area contributed by atoms with E-state index in [0.29, 0.717) is 6.42 Å². The highest BCUT2D eigenvalue weighted by molar-refractivity contribution is 6.76. The Labute approximate surface area is 119 Å². The van der Waals surface area contributed by atoms with Crippen LogP contribution in [0, 0.1) is 17.3 Å². The van der Waals surface area contributed by atoms with Gasteiger partial charge in [0.05, 0.1) is 8.07 Å². The summed E-state index contributed by atoms with van der Waals surface area (Å²) < 4.78 is 0. The molecule has 0 aromatic rings. The molecule has 0 saturated carbocycles. The zero-order valence-electron chi connectivity index (χ0n) is 12.8. The summed E-state index contributed by atoms with van der Waals surface area (Å²) in [6.45, 7) is 13.1. The quantitative estimate of drug-likeness (QED) is 0.541. The number of carbonyl (C=O) groups is 1. The average molecular weight is 274 g/mol.